The van der Waals surface area contributed by atoms with Crippen molar-refractivity contribution < 1.29 is 18.9 Å². The number of ether oxygens (including phenoxy) is 4. The van der Waals surface area contributed by atoms with E-state index in [0.717, 1.165) is 39.3 Å². The average Bonchev–Trinajstić information content (AvgIpc) is 2.79. The van der Waals surface area contributed by atoms with Gasteiger partial charge in [-0.25, -0.2) is 0 Å². The topological polar surface area (TPSA) is 36.9 Å². The van der Waals surface area contributed by atoms with E-state index in [1.165, 1.54) is 89.9 Å². The van der Waals surface area contributed by atoms with E-state index < -0.39 is 0 Å². The molecule has 0 unspecified atom stereocenters. The number of rotatable bonds is 24. The first kappa shape index (κ1) is 34.0. The zero-order valence-electron chi connectivity index (χ0n) is 22.9. The zero-order chi connectivity index (χ0) is 24.1. The molecular weight excluding hydrogens is 400 g/mol. The molecule has 0 fully saturated rings. The second-order valence-electron chi connectivity index (χ2n) is 8.50. The summed E-state index contributed by atoms with van der Waals surface area (Å²) in [5.41, 5.74) is 0. The van der Waals surface area contributed by atoms with E-state index in [4.69, 9.17) is 18.9 Å². The Kier molecular flexibility index (Phi) is 32.8. The SMILES string of the molecule is CCCCCCCCCC(OCC)OCC.CCCCCCCCCC(OCC)OCC. The average molecular weight is 461 g/mol. The monoisotopic (exact) mass is 460 g/mol. The van der Waals surface area contributed by atoms with E-state index >= 15 is 0 Å². The smallest absolute Gasteiger partial charge is 0.157 e. The van der Waals surface area contributed by atoms with Crippen molar-refractivity contribution in [2.75, 3.05) is 26.4 Å². The van der Waals surface area contributed by atoms with Crippen LogP contribution >= 0.6 is 0 Å². The summed E-state index contributed by atoms with van der Waals surface area (Å²) < 4.78 is 22.0. The minimum Gasteiger partial charge on any atom is -0.353 e. The van der Waals surface area contributed by atoms with Gasteiger partial charge in [-0.15, -0.1) is 0 Å². The number of hydrogen-bond donors (Lipinski definition) is 0. The summed E-state index contributed by atoms with van der Waals surface area (Å²) in [5, 5.41) is 0. The normalized spacial score (nSPS) is 11.2. The Bertz CT molecular complexity index is 270. The van der Waals surface area contributed by atoms with Crippen LogP contribution in [0.4, 0.5) is 0 Å². The first-order valence-electron chi connectivity index (χ1n) is 14.2. The van der Waals surface area contributed by atoms with E-state index in [2.05, 4.69) is 13.8 Å². The van der Waals surface area contributed by atoms with E-state index in [1.807, 2.05) is 27.7 Å². The van der Waals surface area contributed by atoms with Crippen LogP contribution in [0.15, 0.2) is 0 Å². The van der Waals surface area contributed by atoms with Crippen molar-refractivity contribution in [2.45, 2.75) is 157 Å². The lowest BCUT2D eigenvalue weighted by Gasteiger charge is -2.16. The lowest BCUT2D eigenvalue weighted by molar-refractivity contribution is -0.140. The van der Waals surface area contributed by atoms with Crippen LogP contribution in [0.1, 0.15) is 144 Å². The van der Waals surface area contributed by atoms with Crippen molar-refractivity contribution in [1.82, 2.24) is 0 Å². The molecule has 0 amide bonds. The number of unbranched alkanes of at least 4 members (excludes halogenated alkanes) is 12. The molecule has 32 heavy (non-hydrogen) atoms. The predicted molar refractivity (Wildman–Crippen MR) is 139 cm³/mol. The maximum absolute atomic E-state index is 5.51. The predicted octanol–water partition coefficient (Wildman–Crippen LogP) is 9.05. The quantitative estimate of drug-likeness (QED) is 0.106. The molecule has 0 saturated heterocycles. The molecule has 0 aliphatic carbocycles. The van der Waals surface area contributed by atoms with E-state index in [9.17, 15) is 0 Å². The van der Waals surface area contributed by atoms with Gasteiger partial charge in [0.2, 0.25) is 0 Å². The Labute approximate surface area is 202 Å². The maximum Gasteiger partial charge on any atom is 0.157 e. The van der Waals surface area contributed by atoms with Gasteiger partial charge in [0.15, 0.2) is 12.6 Å². The van der Waals surface area contributed by atoms with Crippen molar-refractivity contribution in [3.63, 3.8) is 0 Å². The Morgan fingerprint density at radius 3 is 0.844 bits per heavy atom. The fourth-order valence-electron chi connectivity index (χ4n) is 3.71. The summed E-state index contributed by atoms with van der Waals surface area (Å²) in [7, 11) is 0. The first-order valence-corrected chi connectivity index (χ1v) is 14.2. The third-order valence-corrected chi connectivity index (χ3v) is 5.50. The van der Waals surface area contributed by atoms with Crippen molar-refractivity contribution in [3.8, 4) is 0 Å². The lowest BCUT2D eigenvalue weighted by Crippen LogP contribution is -2.17. The molecule has 196 valence electrons. The summed E-state index contributed by atoms with van der Waals surface area (Å²) >= 11 is 0. The molecule has 0 aromatic rings. The highest BCUT2D eigenvalue weighted by molar-refractivity contribution is 4.50. The minimum atomic E-state index is 0.0330. The molecule has 0 radical (unpaired) electrons. The summed E-state index contributed by atoms with van der Waals surface area (Å²) in [6.45, 7) is 15.6. The first-order chi connectivity index (χ1) is 15.7. The fourth-order valence-corrected chi connectivity index (χ4v) is 3.71. The van der Waals surface area contributed by atoms with Crippen LogP contribution in [0.5, 0.6) is 0 Å². The van der Waals surface area contributed by atoms with Gasteiger partial charge in [-0.2, -0.15) is 0 Å². The van der Waals surface area contributed by atoms with Gasteiger partial charge < -0.3 is 18.9 Å². The summed E-state index contributed by atoms with van der Waals surface area (Å²) in [6, 6.07) is 0. The molecule has 0 aromatic heterocycles. The molecule has 0 N–H and O–H groups in total. The van der Waals surface area contributed by atoms with Crippen LogP contribution in [0.25, 0.3) is 0 Å². The Morgan fingerprint density at radius 2 is 0.594 bits per heavy atom. The van der Waals surface area contributed by atoms with Crippen LogP contribution in [-0.4, -0.2) is 39.0 Å². The van der Waals surface area contributed by atoms with Crippen molar-refractivity contribution >= 4 is 0 Å². The largest absolute Gasteiger partial charge is 0.353 e. The third kappa shape index (κ3) is 27.9. The van der Waals surface area contributed by atoms with E-state index in [-0.39, 0.29) is 12.6 Å². The molecule has 0 aromatic carbocycles. The molecule has 0 saturated carbocycles. The van der Waals surface area contributed by atoms with Gasteiger partial charge in [-0.05, 0) is 53.4 Å². The Morgan fingerprint density at radius 1 is 0.344 bits per heavy atom. The van der Waals surface area contributed by atoms with Crippen molar-refractivity contribution in [1.29, 1.82) is 0 Å². The molecule has 0 aliphatic rings. The lowest BCUT2D eigenvalue weighted by atomic mass is 10.1. The molecule has 4 nitrogen and oxygen atoms in total. The molecule has 4 heteroatoms. The summed E-state index contributed by atoms with van der Waals surface area (Å²) in [5.74, 6) is 0. The number of hydrogen-bond acceptors (Lipinski definition) is 4. The van der Waals surface area contributed by atoms with Crippen LogP contribution in [0, 0.1) is 0 Å². The third-order valence-electron chi connectivity index (χ3n) is 5.50. The molecule has 0 atom stereocenters. The van der Waals surface area contributed by atoms with E-state index in [0.29, 0.717) is 0 Å². The standard InChI is InChI=1S/2C14H30O2/c2*1-4-7-8-9-10-11-12-13-14(15-5-2)16-6-3/h2*14H,4-13H2,1-3H3. The second kappa shape index (κ2) is 30.8. The highest BCUT2D eigenvalue weighted by atomic mass is 16.7. The van der Waals surface area contributed by atoms with Gasteiger partial charge in [0.25, 0.3) is 0 Å². The van der Waals surface area contributed by atoms with Crippen molar-refractivity contribution in [3.05, 3.63) is 0 Å². The van der Waals surface area contributed by atoms with Crippen LogP contribution in [0.2, 0.25) is 0 Å². The van der Waals surface area contributed by atoms with Gasteiger partial charge in [-0.3, -0.25) is 0 Å². The second-order valence-corrected chi connectivity index (χ2v) is 8.50. The van der Waals surface area contributed by atoms with Gasteiger partial charge in [0, 0.05) is 26.4 Å². The Balaban J connectivity index is 0. The zero-order valence-corrected chi connectivity index (χ0v) is 22.9. The van der Waals surface area contributed by atoms with Gasteiger partial charge in [0.05, 0.1) is 0 Å². The van der Waals surface area contributed by atoms with Crippen LogP contribution in [0.3, 0.4) is 0 Å². The minimum absolute atomic E-state index is 0.0330. The van der Waals surface area contributed by atoms with Crippen LogP contribution < -0.4 is 0 Å². The molecule has 0 rings (SSSR count). The van der Waals surface area contributed by atoms with Gasteiger partial charge in [-0.1, -0.05) is 90.9 Å². The molecule has 0 bridgehead atoms. The highest BCUT2D eigenvalue weighted by Crippen LogP contribution is 2.13. The van der Waals surface area contributed by atoms with Gasteiger partial charge in [0.1, 0.15) is 0 Å². The Hall–Kier alpha value is -0.160. The van der Waals surface area contributed by atoms with Gasteiger partial charge >= 0.3 is 0 Å². The summed E-state index contributed by atoms with van der Waals surface area (Å²) in [4.78, 5) is 0. The van der Waals surface area contributed by atoms with Crippen molar-refractivity contribution in [2.24, 2.45) is 0 Å². The maximum atomic E-state index is 5.51. The fraction of sp³-hybridized carbons (Fsp3) is 1.00. The summed E-state index contributed by atoms with van der Waals surface area (Å²) in [6.07, 6.45) is 21.0. The molecule has 0 spiro atoms. The molecular formula is C28H60O4. The molecule has 0 aliphatic heterocycles. The van der Waals surface area contributed by atoms with Crippen LogP contribution in [-0.2, 0) is 18.9 Å². The molecule has 0 heterocycles. The van der Waals surface area contributed by atoms with E-state index in [1.54, 1.807) is 0 Å². The highest BCUT2D eigenvalue weighted by Gasteiger charge is 2.07.